The van der Waals surface area contributed by atoms with E-state index in [0.717, 1.165) is 12.1 Å². The SMILES string of the molecule is O=C(N=NOB([O-])ON=NC(=O)c1ccccc1OF)c1ccccc1OF.[Li+]. The fraction of sp³-hybridized carbons (Fsp3) is 0. The van der Waals surface area contributed by atoms with Gasteiger partial charge in [-0.1, -0.05) is 34.5 Å². The van der Waals surface area contributed by atoms with Gasteiger partial charge < -0.3 is 14.5 Å². The molecule has 0 aliphatic heterocycles. The number of carbonyl (C=O) groups excluding carboxylic acids is 2. The normalized spacial score (nSPS) is 10.3. The second kappa shape index (κ2) is 12.2. The van der Waals surface area contributed by atoms with Crippen LogP contribution in [-0.4, -0.2) is 19.1 Å². The standard InChI is InChI=1S/C14H8BF2N4O7.Li/c16-25-11-7-3-1-5-9(11)13(22)18-20-27-15(24)28-21-19-14(23)10-6-2-4-8-12(10)26-17;/h1-8H;/q-1;+1. The van der Waals surface area contributed by atoms with Crippen molar-refractivity contribution < 1.29 is 61.9 Å². The number of halogens is 2. The quantitative estimate of drug-likeness (QED) is 0.324. The summed E-state index contributed by atoms with van der Waals surface area (Å²) in [6.45, 7) is 0. The summed E-state index contributed by atoms with van der Waals surface area (Å²) in [6, 6.07) is 10.3. The van der Waals surface area contributed by atoms with Crippen LogP contribution in [0.15, 0.2) is 69.3 Å². The third-order valence-corrected chi connectivity index (χ3v) is 2.93. The van der Waals surface area contributed by atoms with E-state index in [4.69, 9.17) is 0 Å². The molecule has 144 valence electrons. The van der Waals surface area contributed by atoms with Crippen molar-refractivity contribution in [1.82, 2.24) is 0 Å². The van der Waals surface area contributed by atoms with E-state index in [2.05, 4.69) is 40.2 Å². The Labute approximate surface area is 173 Å². The molecule has 0 saturated carbocycles. The van der Waals surface area contributed by atoms with Gasteiger partial charge in [0.15, 0.2) is 11.5 Å². The van der Waals surface area contributed by atoms with Gasteiger partial charge in [-0.3, -0.25) is 19.5 Å². The molecule has 0 aliphatic rings. The average Bonchev–Trinajstić information content (AvgIpc) is 2.73. The van der Waals surface area contributed by atoms with Crippen molar-refractivity contribution in [1.29, 1.82) is 0 Å². The molecule has 0 atom stereocenters. The number of para-hydroxylation sites is 2. The number of carbonyl (C=O) groups is 2. The van der Waals surface area contributed by atoms with Crippen LogP contribution in [0.2, 0.25) is 0 Å². The number of nitrogens with zero attached hydrogens (tertiary/aromatic N) is 4. The molecular weight excluding hydrogens is 392 g/mol. The van der Waals surface area contributed by atoms with Gasteiger partial charge in [-0.2, -0.15) is 0 Å². The Morgan fingerprint density at radius 2 is 1.17 bits per heavy atom. The molecule has 0 aromatic heterocycles. The topological polar surface area (TPSA) is 144 Å². The molecule has 0 fully saturated rings. The van der Waals surface area contributed by atoms with Gasteiger partial charge >= 0.3 is 38.0 Å². The maximum atomic E-state index is 12.3. The van der Waals surface area contributed by atoms with Crippen molar-refractivity contribution in [2.24, 2.45) is 20.8 Å². The molecule has 2 aromatic carbocycles. The van der Waals surface area contributed by atoms with E-state index in [-0.39, 0.29) is 30.0 Å². The fourth-order valence-corrected chi connectivity index (χ4v) is 1.75. The van der Waals surface area contributed by atoms with Crippen molar-refractivity contribution >= 4 is 19.1 Å². The summed E-state index contributed by atoms with van der Waals surface area (Å²) in [4.78, 5) is 30.3. The summed E-state index contributed by atoms with van der Waals surface area (Å²) in [5.41, 5.74) is -0.556. The third-order valence-electron chi connectivity index (χ3n) is 2.93. The monoisotopic (exact) mass is 400 g/mol. The fourth-order valence-electron chi connectivity index (χ4n) is 1.75. The van der Waals surface area contributed by atoms with E-state index in [1.165, 1.54) is 36.4 Å². The Hall–Kier alpha value is -3.34. The summed E-state index contributed by atoms with van der Waals surface area (Å²) >= 11 is 0. The molecule has 0 unspecified atom stereocenters. The predicted octanol–water partition coefficient (Wildman–Crippen LogP) is -0.689. The number of hydrogen-bond donors (Lipinski definition) is 0. The molecule has 29 heavy (non-hydrogen) atoms. The third kappa shape index (κ3) is 6.96. The van der Waals surface area contributed by atoms with E-state index < -0.39 is 30.6 Å². The summed E-state index contributed by atoms with van der Waals surface area (Å²) in [5, 5.41) is 22.9. The minimum atomic E-state index is -2.44. The molecule has 0 radical (unpaired) electrons. The Morgan fingerprint density at radius 3 is 1.55 bits per heavy atom. The van der Waals surface area contributed by atoms with Crippen LogP contribution in [0.4, 0.5) is 9.05 Å². The number of rotatable bonds is 8. The van der Waals surface area contributed by atoms with Gasteiger partial charge in [-0.25, -0.2) is 0 Å². The van der Waals surface area contributed by atoms with Crippen LogP contribution in [0.25, 0.3) is 0 Å². The van der Waals surface area contributed by atoms with Gasteiger partial charge in [0.05, 0.1) is 11.1 Å². The van der Waals surface area contributed by atoms with Crippen molar-refractivity contribution in [3.8, 4) is 11.5 Å². The van der Waals surface area contributed by atoms with E-state index in [0.29, 0.717) is 0 Å². The maximum absolute atomic E-state index is 12.3. The Kier molecular flexibility index (Phi) is 9.96. The molecule has 0 heterocycles. The summed E-state index contributed by atoms with van der Waals surface area (Å²) in [7, 11) is -2.44. The van der Waals surface area contributed by atoms with Crippen LogP contribution in [0.1, 0.15) is 20.7 Å². The number of hydrogen-bond acceptors (Lipinski definition) is 9. The van der Waals surface area contributed by atoms with Crippen molar-refractivity contribution in [2.45, 2.75) is 0 Å². The summed E-state index contributed by atoms with van der Waals surface area (Å²) in [6.07, 6.45) is 0. The first-order chi connectivity index (χ1) is 13.6. The molecule has 2 aromatic rings. The molecule has 11 nitrogen and oxygen atoms in total. The molecule has 0 saturated heterocycles. The van der Waals surface area contributed by atoms with Crippen LogP contribution < -0.4 is 33.8 Å². The van der Waals surface area contributed by atoms with Gasteiger partial charge in [0.2, 0.25) is 0 Å². The van der Waals surface area contributed by atoms with Crippen LogP contribution in [-0.2, 0) is 9.51 Å². The van der Waals surface area contributed by atoms with E-state index in [9.17, 15) is 23.7 Å². The molecule has 2 amide bonds. The Bertz CT molecular complexity index is 834. The first-order valence-corrected chi connectivity index (χ1v) is 7.20. The zero-order chi connectivity index (χ0) is 20.4. The van der Waals surface area contributed by atoms with Crippen molar-refractivity contribution in [2.75, 3.05) is 0 Å². The maximum Gasteiger partial charge on any atom is 1.00 e. The first kappa shape index (κ1) is 23.7. The zero-order valence-electron chi connectivity index (χ0n) is 14.6. The Morgan fingerprint density at radius 1 is 0.793 bits per heavy atom. The van der Waals surface area contributed by atoms with Crippen molar-refractivity contribution in [3.63, 3.8) is 0 Å². The van der Waals surface area contributed by atoms with E-state index in [1.807, 2.05) is 0 Å². The largest absolute Gasteiger partial charge is 1.00 e. The second-order valence-electron chi connectivity index (χ2n) is 4.62. The molecule has 15 heteroatoms. The van der Waals surface area contributed by atoms with E-state index in [1.54, 1.807) is 0 Å². The first-order valence-electron chi connectivity index (χ1n) is 7.20. The minimum absolute atomic E-state index is 0. The minimum Gasteiger partial charge on any atom is -0.805 e. The van der Waals surface area contributed by atoms with E-state index >= 15 is 0 Å². The smallest absolute Gasteiger partial charge is 0.805 e. The Balaban J connectivity index is 0.00000420. The zero-order valence-corrected chi connectivity index (χ0v) is 14.6. The molecule has 0 aliphatic carbocycles. The molecule has 2 rings (SSSR count). The molecular formula is C14H8BF2LiN4O7. The van der Waals surface area contributed by atoms with Gasteiger partial charge in [-0.15, -0.1) is 0 Å². The number of amides is 2. The number of benzene rings is 2. The van der Waals surface area contributed by atoms with Crippen molar-refractivity contribution in [3.05, 3.63) is 59.7 Å². The predicted molar refractivity (Wildman–Crippen MR) is 82.7 cm³/mol. The van der Waals surface area contributed by atoms with Crippen LogP contribution in [0, 0.1) is 0 Å². The van der Waals surface area contributed by atoms with Gasteiger partial charge in [0.25, 0.3) is 0 Å². The van der Waals surface area contributed by atoms with Gasteiger partial charge in [-0.05, 0) is 24.3 Å². The molecule has 0 bridgehead atoms. The summed E-state index contributed by atoms with van der Waals surface area (Å²) < 4.78 is 32.8. The molecule has 0 spiro atoms. The van der Waals surface area contributed by atoms with Gasteiger partial charge in [0.1, 0.15) is 0 Å². The van der Waals surface area contributed by atoms with Gasteiger partial charge in [0, 0.05) is 19.6 Å². The second-order valence-corrected chi connectivity index (χ2v) is 4.62. The summed E-state index contributed by atoms with van der Waals surface area (Å²) in [5.74, 6) is -2.96. The van der Waals surface area contributed by atoms with Crippen LogP contribution >= 0.6 is 0 Å². The van der Waals surface area contributed by atoms with Crippen LogP contribution in [0.3, 0.4) is 0 Å². The average molecular weight is 400 g/mol. The molecule has 0 N–H and O–H groups in total. The van der Waals surface area contributed by atoms with Crippen LogP contribution in [0.5, 0.6) is 11.5 Å².